The molecule has 1 aliphatic rings. The van der Waals surface area contributed by atoms with Crippen LogP contribution in [0.5, 0.6) is 0 Å². The molecule has 0 bridgehead atoms. The minimum atomic E-state index is -0.183. The highest BCUT2D eigenvalue weighted by Gasteiger charge is 2.20. The van der Waals surface area contributed by atoms with E-state index in [2.05, 4.69) is 4.90 Å². The summed E-state index contributed by atoms with van der Waals surface area (Å²) in [6.45, 7) is 6.12. The summed E-state index contributed by atoms with van der Waals surface area (Å²) >= 11 is 0. The first-order valence-electron chi connectivity index (χ1n) is 6.57. The predicted octanol–water partition coefficient (Wildman–Crippen LogP) is 1.94. The molecule has 1 N–H and O–H groups in total. The van der Waals surface area contributed by atoms with E-state index < -0.39 is 0 Å². The Morgan fingerprint density at radius 1 is 1.33 bits per heavy atom. The lowest BCUT2D eigenvalue weighted by molar-refractivity contribution is 0.0710. The molecule has 0 aliphatic carbocycles. The molecule has 0 atom stereocenters. The average molecular weight is 247 g/mol. The third-order valence-corrected chi connectivity index (χ3v) is 3.61. The monoisotopic (exact) mass is 247 g/mol. The third kappa shape index (κ3) is 3.18. The van der Waals surface area contributed by atoms with Crippen LogP contribution in [0.1, 0.15) is 34.3 Å². The Labute approximate surface area is 108 Å². The van der Waals surface area contributed by atoms with Crippen molar-refractivity contribution >= 4 is 5.78 Å². The summed E-state index contributed by atoms with van der Waals surface area (Å²) in [6.07, 6.45) is 1.37. The standard InChI is InChI=1S/C15H21NO2/c1-11-3-4-14(12(2)9-11)15(18)10-16-7-5-13(17)6-8-16/h3-4,9,13,17H,5-8,10H2,1-2H3. The van der Waals surface area contributed by atoms with Crippen molar-refractivity contribution in [1.82, 2.24) is 4.90 Å². The number of likely N-dealkylation sites (tertiary alicyclic amines) is 1. The van der Waals surface area contributed by atoms with E-state index in [1.165, 1.54) is 5.56 Å². The number of aliphatic hydroxyl groups is 1. The van der Waals surface area contributed by atoms with Gasteiger partial charge in [-0.25, -0.2) is 0 Å². The Morgan fingerprint density at radius 3 is 2.61 bits per heavy atom. The fourth-order valence-corrected chi connectivity index (χ4v) is 2.49. The summed E-state index contributed by atoms with van der Waals surface area (Å²) in [5.74, 6) is 0.184. The largest absolute Gasteiger partial charge is 0.393 e. The predicted molar refractivity (Wildman–Crippen MR) is 71.9 cm³/mol. The quantitative estimate of drug-likeness (QED) is 0.830. The van der Waals surface area contributed by atoms with Gasteiger partial charge in [-0.1, -0.05) is 23.8 Å². The van der Waals surface area contributed by atoms with Crippen LogP contribution in [-0.4, -0.2) is 41.5 Å². The molecule has 0 amide bonds. The van der Waals surface area contributed by atoms with Crippen LogP contribution in [0.3, 0.4) is 0 Å². The summed E-state index contributed by atoms with van der Waals surface area (Å²) in [7, 11) is 0. The second-order valence-corrected chi connectivity index (χ2v) is 5.25. The Balaban J connectivity index is 1.99. The molecule has 1 aromatic carbocycles. The first-order chi connectivity index (χ1) is 8.56. The van der Waals surface area contributed by atoms with Crippen molar-refractivity contribution < 1.29 is 9.90 Å². The van der Waals surface area contributed by atoms with Gasteiger partial charge in [0, 0.05) is 18.7 Å². The molecule has 1 aromatic rings. The molecule has 3 heteroatoms. The molecule has 3 nitrogen and oxygen atoms in total. The summed E-state index contributed by atoms with van der Waals surface area (Å²) in [5, 5.41) is 9.44. The zero-order valence-corrected chi connectivity index (χ0v) is 11.1. The molecule has 0 spiro atoms. The van der Waals surface area contributed by atoms with Crippen LogP contribution >= 0.6 is 0 Å². The second kappa shape index (κ2) is 5.63. The summed E-state index contributed by atoms with van der Waals surface area (Å²) in [6, 6.07) is 5.96. The zero-order valence-electron chi connectivity index (χ0n) is 11.1. The number of hydrogen-bond donors (Lipinski definition) is 1. The molecule has 98 valence electrons. The molecule has 1 saturated heterocycles. The van der Waals surface area contributed by atoms with Crippen LogP contribution in [0.25, 0.3) is 0 Å². The van der Waals surface area contributed by atoms with Crippen molar-refractivity contribution in [2.45, 2.75) is 32.8 Å². The number of piperidine rings is 1. The highest BCUT2D eigenvalue weighted by molar-refractivity contribution is 5.98. The number of ketones is 1. The molecule has 1 fully saturated rings. The van der Waals surface area contributed by atoms with Gasteiger partial charge in [-0.05, 0) is 32.3 Å². The molecule has 0 unspecified atom stereocenters. The highest BCUT2D eigenvalue weighted by Crippen LogP contribution is 2.14. The first kappa shape index (κ1) is 13.2. The van der Waals surface area contributed by atoms with Crippen molar-refractivity contribution in [3.05, 3.63) is 34.9 Å². The average Bonchev–Trinajstić information content (AvgIpc) is 2.32. The Kier molecular flexibility index (Phi) is 4.15. The summed E-state index contributed by atoms with van der Waals surface area (Å²) in [4.78, 5) is 14.4. The van der Waals surface area contributed by atoms with E-state index in [4.69, 9.17) is 0 Å². The van der Waals surface area contributed by atoms with E-state index >= 15 is 0 Å². The number of carbonyl (C=O) groups is 1. The molecule has 2 rings (SSSR count). The van der Waals surface area contributed by atoms with Crippen molar-refractivity contribution in [3.63, 3.8) is 0 Å². The van der Waals surface area contributed by atoms with Crippen LogP contribution in [0.15, 0.2) is 18.2 Å². The fraction of sp³-hybridized carbons (Fsp3) is 0.533. The lowest BCUT2D eigenvalue weighted by atomic mass is 10.0. The minimum absolute atomic E-state index is 0.183. The van der Waals surface area contributed by atoms with Gasteiger partial charge in [-0.2, -0.15) is 0 Å². The molecular weight excluding hydrogens is 226 g/mol. The normalized spacial score (nSPS) is 17.9. The van der Waals surface area contributed by atoms with E-state index in [1.54, 1.807) is 0 Å². The lowest BCUT2D eigenvalue weighted by Gasteiger charge is -2.28. The number of benzene rings is 1. The van der Waals surface area contributed by atoms with Gasteiger partial charge in [0.2, 0.25) is 0 Å². The molecule has 0 aromatic heterocycles. The van der Waals surface area contributed by atoms with E-state index in [9.17, 15) is 9.90 Å². The van der Waals surface area contributed by atoms with Crippen molar-refractivity contribution in [2.75, 3.05) is 19.6 Å². The molecule has 1 aliphatic heterocycles. The van der Waals surface area contributed by atoms with E-state index in [0.29, 0.717) is 6.54 Å². The fourth-order valence-electron chi connectivity index (χ4n) is 2.49. The van der Waals surface area contributed by atoms with Gasteiger partial charge >= 0.3 is 0 Å². The minimum Gasteiger partial charge on any atom is -0.393 e. The molecule has 1 heterocycles. The van der Waals surface area contributed by atoms with Gasteiger partial charge in [0.15, 0.2) is 5.78 Å². The van der Waals surface area contributed by atoms with Crippen molar-refractivity contribution in [2.24, 2.45) is 0 Å². The number of aryl methyl sites for hydroxylation is 2. The van der Waals surface area contributed by atoms with Gasteiger partial charge in [0.25, 0.3) is 0 Å². The highest BCUT2D eigenvalue weighted by atomic mass is 16.3. The maximum Gasteiger partial charge on any atom is 0.177 e. The summed E-state index contributed by atoms with van der Waals surface area (Å²) < 4.78 is 0. The number of hydrogen-bond acceptors (Lipinski definition) is 3. The van der Waals surface area contributed by atoms with Crippen LogP contribution < -0.4 is 0 Å². The topological polar surface area (TPSA) is 40.5 Å². The van der Waals surface area contributed by atoms with Gasteiger partial charge < -0.3 is 5.11 Å². The number of aliphatic hydroxyl groups excluding tert-OH is 1. The van der Waals surface area contributed by atoms with Crippen molar-refractivity contribution in [1.29, 1.82) is 0 Å². The molecule has 18 heavy (non-hydrogen) atoms. The maximum atomic E-state index is 12.2. The Hall–Kier alpha value is -1.19. The third-order valence-electron chi connectivity index (χ3n) is 3.61. The maximum absolute atomic E-state index is 12.2. The van der Waals surface area contributed by atoms with Crippen molar-refractivity contribution in [3.8, 4) is 0 Å². The van der Waals surface area contributed by atoms with Crippen LogP contribution in [0.4, 0.5) is 0 Å². The molecule has 0 saturated carbocycles. The number of nitrogens with zero attached hydrogens (tertiary/aromatic N) is 1. The zero-order chi connectivity index (χ0) is 13.1. The Morgan fingerprint density at radius 2 is 2.00 bits per heavy atom. The van der Waals surface area contributed by atoms with Gasteiger partial charge in [-0.15, -0.1) is 0 Å². The van der Waals surface area contributed by atoms with Gasteiger partial charge in [-0.3, -0.25) is 9.69 Å². The van der Waals surface area contributed by atoms with E-state index in [1.807, 2.05) is 32.0 Å². The van der Waals surface area contributed by atoms with Gasteiger partial charge in [0.05, 0.1) is 12.6 Å². The smallest absolute Gasteiger partial charge is 0.177 e. The van der Waals surface area contributed by atoms with E-state index in [-0.39, 0.29) is 11.9 Å². The Bertz CT molecular complexity index is 434. The molecule has 0 radical (unpaired) electrons. The SMILES string of the molecule is Cc1ccc(C(=O)CN2CCC(O)CC2)c(C)c1. The first-order valence-corrected chi connectivity index (χ1v) is 6.57. The lowest BCUT2D eigenvalue weighted by Crippen LogP contribution is -2.39. The molecular formula is C15H21NO2. The van der Waals surface area contributed by atoms with Gasteiger partial charge in [0.1, 0.15) is 0 Å². The number of rotatable bonds is 3. The van der Waals surface area contributed by atoms with E-state index in [0.717, 1.165) is 37.1 Å². The number of carbonyl (C=O) groups excluding carboxylic acids is 1. The van der Waals surface area contributed by atoms with Crippen LogP contribution in [-0.2, 0) is 0 Å². The summed E-state index contributed by atoms with van der Waals surface area (Å²) in [5.41, 5.74) is 3.06. The number of Topliss-reactive ketones (excluding diaryl/α,β-unsaturated/α-hetero) is 1. The van der Waals surface area contributed by atoms with Crippen LogP contribution in [0.2, 0.25) is 0 Å². The van der Waals surface area contributed by atoms with Crippen LogP contribution in [0, 0.1) is 13.8 Å². The second-order valence-electron chi connectivity index (χ2n) is 5.25.